The van der Waals surface area contributed by atoms with Gasteiger partial charge in [0.15, 0.2) is 0 Å². The van der Waals surface area contributed by atoms with E-state index in [1.165, 1.54) is 19.3 Å². The third-order valence-corrected chi connectivity index (χ3v) is 5.45. The van der Waals surface area contributed by atoms with Crippen LogP contribution < -0.4 is 10.3 Å². The summed E-state index contributed by atoms with van der Waals surface area (Å²) in [5.41, 5.74) is 2.88. The van der Waals surface area contributed by atoms with Crippen LogP contribution in [0.5, 0.6) is 5.75 Å². The lowest BCUT2D eigenvalue weighted by atomic mass is 10.0. The summed E-state index contributed by atoms with van der Waals surface area (Å²) in [6, 6.07) is 11.7. The van der Waals surface area contributed by atoms with E-state index < -0.39 is 0 Å². The second-order valence-corrected chi connectivity index (χ2v) is 8.24. The Hall–Kier alpha value is -3.75. The molecule has 0 saturated carbocycles. The van der Waals surface area contributed by atoms with Crippen molar-refractivity contribution in [1.29, 1.82) is 0 Å². The molecule has 0 saturated heterocycles. The van der Waals surface area contributed by atoms with E-state index in [1.807, 2.05) is 61.1 Å². The number of hydrogen-bond donors (Lipinski definition) is 2. The van der Waals surface area contributed by atoms with Crippen molar-refractivity contribution in [2.45, 2.75) is 52.5 Å². The second-order valence-electron chi connectivity index (χ2n) is 8.24. The highest BCUT2D eigenvalue weighted by Crippen LogP contribution is 2.30. The Morgan fingerprint density at radius 3 is 2.58 bits per heavy atom. The van der Waals surface area contributed by atoms with E-state index in [1.54, 1.807) is 0 Å². The van der Waals surface area contributed by atoms with Crippen molar-refractivity contribution in [2.75, 3.05) is 6.61 Å². The first-order chi connectivity index (χ1) is 16.1. The first-order valence-electron chi connectivity index (χ1n) is 11.4. The van der Waals surface area contributed by atoms with Crippen LogP contribution in [-0.2, 0) is 0 Å². The van der Waals surface area contributed by atoms with Gasteiger partial charge in [-0.2, -0.15) is 10.3 Å². The molecule has 2 N–H and O–H groups in total. The van der Waals surface area contributed by atoms with Crippen molar-refractivity contribution in [3.05, 3.63) is 52.9 Å². The average molecular weight is 448 g/mol. The standard InChI is InChI=1S/C24H29N7O2/c1-4-5-6-7-14-33-18-10-8-17(9-11-18)21-15-19(20-12-13-31(28-20)16(2)3)22(24(32)25-21)23-26-29-30-27-23/h8-13,15-16H,4-7,14H2,1-3H3,(H,25,32)(H,26,27,29,30). The van der Waals surface area contributed by atoms with Gasteiger partial charge in [0.25, 0.3) is 5.56 Å². The number of pyridine rings is 1. The maximum atomic E-state index is 13.1. The maximum Gasteiger partial charge on any atom is 0.260 e. The molecular weight excluding hydrogens is 418 g/mol. The van der Waals surface area contributed by atoms with E-state index in [-0.39, 0.29) is 17.4 Å². The Labute approximate surface area is 192 Å². The summed E-state index contributed by atoms with van der Waals surface area (Å²) >= 11 is 0. The number of H-pyrrole nitrogens is 2. The van der Waals surface area contributed by atoms with Crippen LogP contribution in [0.1, 0.15) is 52.5 Å². The van der Waals surface area contributed by atoms with Crippen molar-refractivity contribution in [3.63, 3.8) is 0 Å². The second kappa shape index (κ2) is 10.2. The lowest BCUT2D eigenvalue weighted by Crippen LogP contribution is -2.13. The van der Waals surface area contributed by atoms with Crippen LogP contribution >= 0.6 is 0 Å². The van der Waals surface area contributed by atoms with Gasteiger partial charge in [0.1, 0.15) is 5.75 Å². The summed E-state index contributed by atoms with van der Waals surface area (Å²) in [5.74, 6) is 1.04. The zero-order valence-electron chi connectivity index (χ0n) is 19.2. The zero-order valence-corrected chi connectivity index (χ0v) is 19.2. The molecule has 0 spiro atoms. The molecule has 172 valence electrons. The largest absolute Gasteiger partial charge is 0.494 e. The zero-order chi connectivity index (χ0) is 23.2. The van der Waals surface area contributed by atoms with Gasteiger partial charge < -0.3 is 9.72 Å². The highest BCUT2D eigenvalue weighted by molar-refractivity contribution is 5.81. The van der Waals surface area contributed by atoms with Gasteiger partial charge in [-0.25, -0.2) is 0 Å². The van der Waals surface area contributed by atoms with Crippen LogP contribution in [0.15, 0.2) is 47.4 Å². The summed E-state index contributed by atoms with van der Waals surface area (Å²) in [6.45, 7) is 7.00. The van der Waals surface area contributed by atoms with Gasteiger partial charge in [-0.1, -0.05) is 26.2 Å². The summed E-state index contributed by atoms with van der Waals surface area (Å²) in [7, 11) is 0. The molecule has 9 nitrogen and oxygen atoms in total. The molecule has 0 radical (unpaired) electrons. The van der Waals surface area contributed by atoms with Crippen LogP contribution in [0.3, 0.4) is 0 Å². The molecule has 0 amide bonds. The van der Waals surface area contributed by atoms with E-state index in [0.717, 1.165) is 17.7 Å². The smallest absolute Gasteiger partial charge is 0.260 e. The quantitative estimate of drug-likeness (QED) is 0.343. The summed E-state index contributed by atoms with van der Waals surface area (Å²) in [4.78, 5) is 16.1. The fraction of sp³-hybridized carbons (Fsp3) is 0.375. The fourth-order valence-corrected chi connectivity index (χ4v) is 3.63. The molecule has 3 heterocycles. The van der Waals surface area contributed by atoms with Crippen molar-refractivity contribution in [2.24, 2.45) is 0 Å². The molecule has 3 aromatic heterocycles. The number of nitrogens with one attached hydrogen (secondary N) is 2. The Bertz CT molecular complexity index is 1220. The van der Waals surface area contributed by atoms with Gasteiger partial charge in [-0.3, -0.25) is 9.48 Å². The third-order valence-electron chi connectivity index (χ3n) is 5.45. The third kappa shape index (κ3) is 5.19. The minimum absolute atomic E-state index is 0.198. The maximum absolute atomic E-state index is 13.1. The van der Waals surface area contributed by atoms with Crippen LogP contribution in [0.4, 0.5) is 0 Å². The Balaban J connectivity index is 1.66. The molecule has 0 aliphatic carbocycles. The molecule has 0 fully saturated rings. The number of tetrazole rings is 1. The van der Waals surface area contributed by atoms with Gasteiger partial charge in [0, 0.05) is 23.5 Å². The highest BCUT2D eigenvalue weighted by Gasteiger charge is 2.20. The number of rotatable bonds is 10. The van der Waals surface area contributed by atoms with Crippen LogP contribution in [0.25, 0.3) is 33.9 Å². The first-order valence-corrected chi connectivity index (χ1v) is 11.4. The van der Waals surface area contributed by atoms with Crippen LogP contribution in [0, 0.1) is 0 Å². The molecule has 0 atom stereocenters. The van der Waals surface area contributed by atoms with Crippen LogP contribution in [0.2, 0.25) is 0 Å². The number of unbranched alkanes of at least 4 members (excludes halogenated alkanes) is 3. The number of hydrogen-bond acceptors (Lipinski definition) is 6. The van der Waals surface area contributed by atoms with E-state index in [2.05, 4.69) is 37.6 Å². The van der Waals surface area contributed by atoms with Gasteiger partial charge in [0.2, 0.25) is 5.82 Å². The number of benzene rings is 1. The molecule has 4 aromatic rings. The predicted molar refractivity (Wildman–Crippen MR) is 127 cm³/mol. The molecule has 0 unspecified atom stereocenters. The van der Waals surface area contributed by atoms with E-state index >= 15 is 0 Å². The summed E-state index contributed by atoms with van der Waals surface area (Å²) < 4.78 is 7.69. The van der Waals surface area contributed by atoms with Crippen molar-refractivity contribution >= 4 is 0 Å². The van der Waals surface area contributed by atoms with Crippen molar-refractivity contribution in [1.82, 2.24) is 35.4 Å². The van der Waals surface area contributed by atoms with E-state index in [4.69, 9.17) is 4.74 Å². The molecule has 4 rings (SSSR count). The lowest BCUT2D eigenvalue weighted by molar-refractivity contribution is 0.305. The highest BCUT2D eigenvalue weighted by atomic mass is 16.5. The van der Waals surface area contributed by atoms with E-state index in [9.17, 15) is 4.79 Å². The number of nitrogens with zero attached hydrogens (tertiary/aromatic N) is 5. The van der Waals surface area contributed by atoms with Gasteiger partial charge in [0.05, 0.1) is 17.9 Å². The lowest BCUT2D eigenvalue weighted by Gasteiger charge is -2.10. The topological polar surface area (TPSA) is 114 Å². The average Bonchev–Trinajstić information content (AvgIpc) is 3.51. The summed E-state index contributed by atoms with van der Waals surface area (Å²) in [5, 5.41) is 18.7. The van der Waals surface area contributed by atoms with Crippen molar-refractivity contribution < 1.29 is 4.74 Å². The molecule has 0 aliphatic heterocycles. The predicted octanol–water partition coefficient (Wildman–Crippen LogP) is 4.63. The number of aromatic amines is 2. The molecule has 9 heteroatoms. The Morgan fingerprint density at radius 2 is 1.91 bits per heavy atom. The normalized spacial score (nSPS) is 11.3. The molecule has 33 heavy (non-hydrogen) atoms. The Morgan fingerprint density at radius 1 is 1.09 bits per heavy atom. The molecule has 0 aliphatic rings. The van der Waals surface area contributed by atoms with Gasteiger partial charge >= 0.3 is 0 Å². The molecular formula is C24H29N7O2. The fourth-order valence-electron chi connectivity index (χ4n) is 3.63. The molecule has 0 bridgehead atoms. The van der Waals surface area contributed by atoms with Crippen LogP contribution in [-0.4, -0.2) is 42.0 Å². The van der Waals surface area contributed by atoms with Gasteiger partial charge in [-0.15, -0.1) is 10.2 Å². The Kier molecular flexibility index (Phi) is 6.97. The van der Waals surface area contributed by atoms with Crippen molar-refractivity contribution in [3.8, 4) is 39.7 Å². The van der Waals surface area contributed by atoms with Gasteiger partial charge in [-0.05, 0) is 67.4 Å². The summed E-state index contributed by atoms with van der Waals surface area (Å²) in [6.07, 6.45) is 6.56. The van der Waals surface area contributed by atoms with E-state index in [0.29, 0.717) is 29.1 Å². The number of ether oxygens (including phenoxy) is 1. The molecule has 1 aromatic carbocycles. The SMILES string of the molecule is CCCCCCOc1ccc(-c2cc(-c3ccn(C(C)C)n3)c(-c3nn[nH]n3)c(=O)[nH]2)cc1. The minimum atomic E-state index is -0.306. The monoisotopic (exact) mass is 447 g/mol. The number of aromatic nitrogens is 7. The minimum Gasteiger partial charge on any atom is -0.494 e. The first kappa shape index (κ1) is 22.4.